The van der Waals surface area contributed by atoms with Crippen LogP contribution in [-0.4, -0.2) is 51.7 Å². The standard InChI is InChI=1S/C28H36N4O/c1-21-9-8-12-24(17-21)20-32-15-13-25(14-16-32)26(19-23-10-6-5-7-11-23)30(3)28(33)27-18-22(2)29-31(27)4/h5-12,17-18,25-26H,13-16,19-20H2,1-4H3/t26-/m0/s1. The summed E-state index contributed by atoms with van der Waals surface area (Å²) in [5, 5.41) is 4.39. The van der Waals surface area contributed by atoms with Crippen molar-refractivity contribution in [1.82, 2.24) is 19.6 Å². The fraction of sp³-hybridized carbons (Fsp3) is 0.429. The zero-order chi connectivity index (χ0) is 23.4. The molecule has 0 N–H and O–H groups in total. The third-order valence-electron chi connectivity index (χ3n) is 6.99. The number of likely N-dealkylation sites (N-methyl/N-ethyl adjacent to an activating group) is 1. The summed E-state index contributed by atoms with van der Waals surface area (Å²) in [5.41, 5.74) is 5.51. The van der Waals surface area contributed by atoms with Gasteiger partial charge in [-0.05, 0) is 69.3 Å². The predicted molar refractivity (Wildman–Crippen MR) is 133 cm³/mol. The lowest BCUT2D eigenvalue weighted by molar-refractivity contribution is 0.0575. The molecule has 0 radical (unpaired) electrons. The van der Waals surface area contributed by atoms with Gasteiger partial charge in [-0.2, -0.15) is 5.10 Å². The molecule has 5 heteroatoms. The molecule has 3 aromatic rings. The first-order valence-electron chi connectivity index (χ1n) is 12.0. The normalized spacial score (nSPS) is 16.0. The zero-order valence-corrected chi connectivity index (χ0v) is 20.4. The Labute approximate surface area is 198 Å². The van der Waals surface area contributed by atoms with E-state index < -0.39 is 0 Å². The van der Waals surface area contributed by atoms with Gasteiger partial charge in [0.1, 0.15) is 5.69 Å². The van der Waals surface area contributed by atoms with Crippen LogP contribution >= 0.6 is 0 Å². The summed E-state index contributed by atoms with van der Waals surface area (Å²) in [6.45, 7) is 7.22. The molecule has 1 aromatic heterocycles. The summed E-state index contributed by atoms with van der Waals surface area (Å²) in [7, 11) is 3.82. The molecule has 1 fully saturated rings. The Balaban J connectivity index is 1.48. The number of nitrogens with zero attached hydrogens (tertiary/aromatic N) is 4. The molecule has 0 saturated carbocycles. The average Bonchev–Trinajstić information content (AvgIpc) is 3.15. The van der Waals surface area contributed by atoms with Crippen LogP contribution in [0.25, 0.3) is 0 Å². The molecule has 1 atom stereocenters. The first-order valence-corrected chi connectivity index (χ1v) is 12.0. The molecule has 0 spiro atoms. The van der Waals surface area contributed by atoms with E-state index in [-0.39, 0.29) is 11.9 Å². The molecular weight excluding hydrogens is 408 g/mol. The number of hydrogen-bond donors (Lipinski definition) is 0. The molecule has 5 nitrogen and oxygen atoms in total. The van der Waals surface area contributed by atoms with Gasteiger partial charge in [-0.3, -0.25) is 14.4 Å². The van der Waals surface area contributed by atoms with E-state index in [1.807, 2.05) is 32.0 Å². The van der Waals surface area contributed by atoms with Crippen molar-refractivity contribution in [3.8, 4) is 0 Å². The fourth-order valence-corrected chi connectivity index (χ4v) is 5.18. The fourth-order valence-electron chi connectivity index (χ4n) is 5.18. The second kappa shape index (κ2) is 10.3. The third kappa shape index (κ3) is 5.72. The Morgan fingerprint density at radius 2 is 1.73 bits per heavy atom. The third-order valence-corrected chi connectivity index (χ3v) is 6.99. The minimum atomic E-state index is 0.0567. The lowest BCUT2D eigenvalue weighted by Crippen LogP contribution is -2.47. The van der Waals surface area contributed by atoms with Crippen LogP contribution in [0, 0.1) is 19.8 Å². The van der Waals surface area contributed by atoms with Gasteiger partial charge >= 0.3 is 0 Å². The molecule has 0 aliphatic carbocycles. The van der Waals surface area contributed by atoms with Gasteiger partial charge < -0.3 is 4.90 Å². The molecule has 1 saturated heterocycles. The molecule has 174 valence electrons. The van der Waals surface area contributed by atoms with E-state index in [9.17, 15) is 4.79 Å². The van der Waals surface area contributed by atoms with Gasteiger partial charge in [0.05, 0.1) is 5.69 Å². The van der Waals surface area contributed by atoms with E-state index >= 15 is 0 Å². The maximum atomic E-state index is 13.4. The van der Waals surface area contributed by atoms with E-state index in [0.29, 0.717) is 11.6 Å². The van der Waals surface area contributed by atoms with Crippen LogP contribution in [0.3, 0.4) is 0 Å². The zero-order valence-electron chi connectivity index (χ0n) is 20.4. The van der Waals surface area contributed by atoms with E-state index in [2.05, 4.69) is 71.5 Å². The summed E-state index contributed by atoms with van der Waals surface area (Å²) in [6.07, 6.45) is 3.08. The van der Waals surface area contributed by atoms with Gasteiger partial charge in [-0.15, -0.1) is 0 Å². The van der Waals surface area contributed by atoms with Crippen LogP contribution < -0.4 is 0 Å². The smallest absolute Gasteiger partial charge is 0.272 e. The molecule has 33 heavy (non-hydrogen) atoms. The van der Waals surface area contributed by atoms with Gasteiger partial charge in [-0.25, -0.2) is 0 Å². The Morgan fingerprint density at radius 3 is 2.36 bits per heavy atom. The van der Waals surface area contributed by atoms with Crippen LogP contribution in [-0.2, 0) is 20.0 Å². The maximum absolute atomic E-state index is 13.4. The summed E-state index contributed by atoms with van der Waals surface area (Å²) < 4.78 is 1.71. The van der Waals surface area contributed by atoms with Crippen molar-refractivity contribution in [2.24, 2.45) is 13.0 Å². The van der Waals surface area contributed by atoms with Gasteiger partial charge in [0.15, 0.2) is 0 Å². The second-order valence-electron chi connectivity index (χ2n) is 9.57. The quantitative estimate of drug-likeness (QED) is 0.533. The summed E-state index contributed by atoms with van der Waals surface area (Å²) in [5.74, 6) is 0.531. The average molecular weight is 445 g/mol. The van der Waals surface area contributed by atoms with Crippen molar-refractivity contribution in [2.45, 2.75) is 45.7 Å². The summed E-state index contributed by atoms with van der Waals surface area (Å²) in [4.78, 5) is 18.0. The minimum absolute atomic E-state index is 0.0567. The number of amides is 1. The van der Waals surface area contributed by atoms with Crippen LogP contribution in [0.2, 0.25) is 0 Å². The number of carbonyl (C=O) groups excluding carboxylic acids is 1. The Hall–Kier alpha value is -2.92. The molecule has 2 aromatic carbocycles. The lowest BCUT2D eigenvalue weighted by atomic mass is 9.84. The number of carbonyl (C=O) groups is 1. The monoisotopic (exact) mass is 444 g/mol. The largest absolute Gasteiger partial charge is 0.337 e. The number of aromatic nitrogens is 2. The number of aryl methyl sites for hydroxylation is 3. The van der Waals surface area contributed by atoms with Crippen molar-refractivity contribution in [1.29, 1.82) is 0 Å². The Bertz CT molecular complexity index is 1070. The number of rotatable bonds is 7. The highest BCUT2D eigenvalue weighted by atomic mass is 16.2. The highest BCUT2D eigenvalue weighted by Crippen LogP contribution is 2.28. The van der Waals surface area contributed by atoms with E-state index in [4.69, 9.17) is 0 Å². The molecule has 0 bridgehead atoms. The van der Waals surface area contributed by atoms with Gasteiger partial charge in [0.25, 0.3) is 5.91 Å². The van der Waals surface area contributed by atoms with Crippen molar-refractivity contribution < 1.29 is 4.79 Å². The molecule has 1 aliphatic rings. The van der Waals surface area contributed by atoms with Crippen LogP contribution in [0.15, 0.2) is 60.7 Å². The molecule has 2 heterocycles. The molecule has 0 unspecified atom stereocenters. The van der Waals surface area contributed by atoms with Gasteiger partial charge in [-0.1, -0.05) is 60.2 Å². The summed E-state index contributed by atoms with van der Waals surface area (Å²) in [6, 6.07) is 21.4. The van der Waals surface area contributed by atoms with E-state index in [1.165, 1.54) is 16.7 Å². The van der Waals surface area contributed by atoms with Crippen molar-refractivity contribution >= 4 is 5.91 Å². The van der Waals surface area contributed by atoms with Crippen molar-refractivity contribution in [3.05, 3.63) is 88.7 Å². The van der Waals surface area contributed by atoms with E-state index in [0.717, 1.165) is 44.6 Å². The van der Waals surface area contributed by atoms with E-state index in [1.54, 1.807) is 4.68 Å². The first kappa shape index (κ1) is 23.2. The molecule has 1 aliphatic heterocycles. The number of hydrogen-bond acceptors (Lipinski definition) is 3. The maximum Gasteiger partial charge on any atom is 0.272 e. The van der Waals surface area contributed by atoms with Gasteiger partial charge in [0.2, 0.25) is 0 Å². The predicted octanol–water partition coefficient (Wildman–Crippen LogP) is 4.63. The van der Waals surface area contributed by atoms with Crippen molar-refractivity contribution in [3.63, 3.8) is 0 Å². The van der Waals surface area contributed by atoms with Crippen LogP contribution in [0.4, 0.5) is 0 Å². The Kier molecular flexibility index (Phi) is 7.29. The number of benzene rings is 2. The first-order chi connectivity index (χ1) is 15.9. The van der Waals surface area contributed by atoms with Crippen LogP contribution in [0.5, 0.6) is 0 Å². The highest BCUT2D eigenvalue weighted by Gasteiger charge is 2.32. The van der Waals surface area contributed by atoms with Gasteiger partial charge in [0, 0.05) is 26.7 Å². The Morgan fingerprint density at radius 1 is 1.03 bits per heavy atom. The second-order valence-corrected chi connectivity index (χ2v) is 9.57. The minimum Gasteiger partial charge on any atom is -0.337 e. The van der Waals surface area contributed by atoms with Crippen LogP contribution in [0.1, 0.15) is 45.7 Å². The highest BCUT2D eigenvalue weighted by molar-refractivity contribution is 5.92. The summed E-state index contributed by atoms with van der Waals surface area (Å²) >= 11 is 0. The van der Waals surface area contributed by atoms with Crippen molar-refractivity contribution in [2.75, 3.05) is 20.1 Å². The lowest BCUT2D eigenvalue weighted by Gasteiger charge is -2.40. The molecule has 4 rings (SSSR count). The number of likely N-dealkylation sites (tertiary alicyclic amines) is 1. The topological polar surface area (TPSA) is 41.4 Å². The number of piperidine rings is 1. The SMILES string of the molecule is Cc1cccc(CN2CCC([C@H](Cc3ccccc3)N(C)C(=O)c3cc(C)nn3C)CC2)c1. The molecule has 1 amide bonds. The molecular formula is C28H36N4O.